The Morgan fingerprint density at radius 1 is 1.07 bits per heavy atom. The molecule has 0 bridgehead atoms. The highest BCUT2D eigenvalue weighted by Gasteiger charge is 2.25. The smallest absolute Gasteiger partial charge is 0.253 e. The first-order chi connectivity index (χ1) is 14.5. The molecule has 0 atom stereocenters. The average Bonchev–Trinajstić information content (AvgIpc) is 2.78. The first-order valence-electron chi connectivity index (χ1n) is 9.76. The number of nitrogens with one attached hydrogen (secondary N) is 1. The van der Waals surface area contributed by atoms with E-state index in [-0.39, 0.29) is 23.7 Å². The van der Waals surface area contributed by atoms with Gasteiger partial charge in [0.05, 0.1) is 14.2 Å². The van der Waals surface area contributed by atoms with E-state index in [2.05, 4.69) is 5.32 Å². The molecule has 0 unspecified atom stereocenters. The molecule has 0 saturated carbocycles. The zero-order valence-corrected chi connectivity index (χ0v) is 17.1. The molecule has 7 heteroatoms. The molecule has 2 aromatic rings. The maximum absolute atomic E-state index is 13.6. The minimum atomic E-state index is -0.372. The Labute approximate surface area is 175 Å². The number of ether oxygens (including phenoxy) is 2. The standard InChI is InChI=1S/C23H25FN2O4/c1-29-20-9-7-17(15-21(20)30-2)23(28)26-13-11-18(12-14-26)25-22(27)10-8-16-5-3-4-6-19(16)24/h3-10,15,18H,11-14H2,1-2H3,(H,25,27)/b10-8+. The average molecular weight is 412 g/mol. The fraction of sp³-hybridized carbons (Fsp3) is 0.304. The predicted octanol–water partition coefficient (Wildman–Crippen LogP) is 3.28. The molecular weight excluding hydrogens is 387 g/mol. The number of benzene rings is 2. The lowest BCUT2D eigenvalue weighted by Crippen LogP contribution is -2.46. The van der Waals surface area contributed by atoms with Crippen LogP contribution < -0.4 is 14.8 Å². The van der Waals surface area contributed by atoms with Crippen LogP contribution >= 0.6 is 0 Å². The molecule has 2 amide bonds. The van der Waals surface area contributed by atoms with Crippen molar-refractivity contribution in [2.24, 2.45) is 0 Å². The lowest BCUT2D eigenvalue weighted by atomic mass is 10.0. The summed E-state index contributed by atoms with van der Waals surface area (Å²) < 4.78 is 24.1. The normalized spacial score (nSPS) is 14.6. The Morgan fingerprint density at radius 2 is 1.77 bits per heavy atom. The number of hydrogen-bond donors (Lipinski definition) is 1. The van der Waals surface area contributed by atoms with E-state index < -0.39 is 0 Å². The zero-order chi connectivity index (χ0) is 21.5. The highest BCUT2D eigenvalue weighted by molar-refractivity contribution is 5.95. The third kappa shape index (κ3) is 5.17. The number of rotatable bonds is 6. The van der Waals surface area contributed by atoms with Crippen molar-refractivity contribution in [3.8, 4) is 11.5 Å². The number of amides is 2. The highest BCUT2D eigenvalue weighted by Crippen LogP contribution is 2.28. The summed E-state index contributed by atoms with van der Waals surface area (Å²) in [6.07, 6.45) is 4.09. The van der Waals surface area contributed by atoms with Crippen LogP contribution in [0.3, 0.4) is 0 Å². The molecule has 0 radical (unpaired) electrons. The van der Waals surface area contributed by atoms with E-state index in [1.165, 1.54) is 25.3 Å². The molecule has 1 aliphatic heterocycles. The second-order valence-corrected chi connectivity index (χ2v) is 7.00. The number of hydrogen-bond acceptors (Lipinski definition) is 4. The Morgan fingerprint density at radius 3 is 2.43 bits per heavy atom. The molecular formula is C23H25FN2O4. The van der Waals surface area contributed by atoms with Crippen molar-refractivity contribution in [3.63, 3.8) is 0 Å². The van der Waals surface area contributed by atoms with E-state index in [0.29, 0.717) is 48.6 Å². The van der Waals surface area contributed by atoms with Crippen LogP contribution in [0.5, 0.6) is 11.5 Å². The van der Waals surface area contributed by atoms with Crippen LogP contribution in [-0.2, 0) is 4.79 Å². The van der Waals surface area contributed by atoms with Crippen molar-refractivity contribution in [2.45, 2.75) is 18.9 Å². The lowest BCUT2D eigenvalue weighted by Gasteiger charge is -2.32. The summed E-state index contributed by atoms with van der Waals surface area (Å²) in [7, 11) is 3.07. The van der Waals surface area contributed by atoms with Crippen LogP contribution in [0.25, 0.3) is 6.08 Å². The van der Waals surface area contributed by atoms with Crippen LogP contribution in [-0.4, -0.2) is 50.1 Å². The van der Waals surface area contributed by atoms with Crippen LogP contribution in [0, 0.1) is 5.82 Å². The molecule has 0 aromatic heterocycles. The van der Waals surface area contributed by atoms with Gasteiger partial charge in [-0.25, -0.2) is 4.39 Å². The molecule has 0 spiro atoms. The number of carbonyl (C=O) groups is 2. The fourth-order valence-corrected chi connectivity index (χ4v) is 3.40. The Kier molecular flexibility index (Phi) is 7.06. The maximum atomic E-state index is 13.6. The molecule has 1 saturated heterocycles. The van der Waals surface area contributed by atoms with Crippen molar-refractivity contribution in [2.75, 3.05) is 27.3 Å². The summed E-state index contributed by atoms with van der Waals surface area (Å²) >= 11 is 0. The van der Waals surface area contributed by atoms with Gasteiger partial charge in [-0.2, -0.15) is 0 Å². The van der Waals surface area contributed by atoms with Gasteiger partial charge in [-0.05, 0) is 43.2 Å². The highest BCUT2D eigenvalue weighted by atomic mass is 19.1. The van der Waals surface area contributed by atoms with E-state index in [0.717, 1.165) is 0 Å². The van der Waals surface area contributed by atoms with Crippen molar-refractivity contribution in [3.05, 3.63) is 65.5 Å². The molecule has 3 rings (SSSR count). The SMILES string of the molecule is COc1ccc(C(=O)N2CCC(NC(=O)/C=C/c3ccccc3F)CC2)cc1OC. The fourth-order valence-electron chi connectivity index (χ4n) is 3.40. The Bertz CT molecular complexity index is 937. The van der Waals surface area contributed by atoms with Gasteiger partial charge in [0, 0.05) is 36.3 Å². The van der Waals surface area contributed by atoms with Crippen LogP contribution in [0.15, 0.2) is 48.5 Å². The third-order valence-electron chi connectivity index (χ3n) is 5.08. The van der Waals surface area contributed by atoms with Gasteiger partial charge >= 0.3 is 0 Å². The number of methoxy groups -OCH3 is 2. The van der Waals surface area contributed by atoms with Gasteiger partial charge in [0.2, 0.25) is 5.91 Å². The number of nitrogens with zero attached hydrogens (tertiary/aromatic N) is 1. The Hall–Kier alpha value is -3.35. The first kappa shape index (κ1) is 21.4. The first-order valence-corrected chi connectivity index (χ1v) is 9.76. The topological polar surface area (TPSA) is 67.9 Å². The Balaban J connectivity index is 1.52. The van der Waals surface area contributed by atoms with E-state index in [1.54, 1.807) is 48.4 Å². The van der Waals surface area contributed by atoms with E-state index in [4.69, 9.17) is 9.47 Å². The summed E-state index contributed by atoms with van der Waals surface area (Å²) in [6.45, 7) is 1.07. The summed E-state index contributed by atoms with van der Waals surface area (Å²) in [5.41, 5.74) is 0.894. The number of piperidine rings is 1. The van der Waals surface area contributed by atoms with Gasteiger partial charge in [-0.1, -0.05) is 18.2 Å². The second-order valence-electron chi connectivity index (χ2n) is 7.00. The molecule has 2 aromatic carbocycles. The monoisotopic (exact) mass is 412 g/mol. The maximum Gasteiger partial charge on any atom is 0.253 e. The van der Waals surface area contributed by atoms with Gasteiger partial charge in [0.1, 0.15) is 5.82 Å². The lowest BCUT2D eigenvalue weighted by molar-refractivity contribution is -0.117. The zero-order valence-electron chi connectivity index (χ0n) is 17.1. The van der Waals surface area contributed by atoms with Gasteiger partial charge in [-0.3, -0.25) is 9.59 Å². The van der Waals surface area contributed by atoms with Crippen LogP contribution in [0.1, 0.15) is 28.8 Å². The quantitative estimate of drug-likeness (QED) is 0.740. The van der Waals surface area contributed by atoms with E-state index in [9.17, 15) is 14.0 Å². The van der Waals surface area contributed by atoms with Gasteiger partial charge < -0.3 is 19.7 Å². The molecule has 1 aliphatic rings. The number of halogens is 1. The number of likely N-dealkylation sites (tertiary alicyclic amines) is 1. The van der Waals surface area contributed by atoms with E-state index >= 15 is 0 Å². The van der Waals surface area contributed by atoms with Crippen molar-refractivity contribution in [1.29, 1.82) is 0 Å². The van der Waals surface area contributed by atoms with Crippen LogP contribution in [0.2, 0.25) is 0 Å². The molecule has 1 N–H and O–H groups in total. The van der Waals surface area contributed by atoms with Crippen LogP contribution in [0.4, 0.5) is 4.39 Å². The van der Waals surface area contributed by atoms with Crippen molar-refractivity contribution in [1.82, 2.24) is 10.2 Å². The molecule has 1 fully saturated rings. The summed E-state index contributed by atoms with van der Waals surface area (Å²) in [5, 5.41) is 2.92. The minimum Gasteiger partial charge on any atom is -0.493 e. The third-order valence-corrected chi connectivity index (χ3v) is 5.08. The van der Waals surface area contributed by atoms with Crippen molar-refractivity contribution >= 4 is 17.9 Å². The molecule has 6 nitrogen and oxygen atoms in total. The second kappa shape index (κ2) is 9.91. The molecule has 30 heavy (non-hydrogen) atoms. The van der Waals surface area contributed by atoms with Gasteiger partial charge in [0.15, 0.2) is 11.5 Å². The summed E-state index contributed by atoms with van der Waals surface area (Å²) in [6, 6.07) is 11.3. The van der Waals surface area contributed by atoms with Gasteiger partial charge in [0.25, 0.3) is 5.91 Å². The predicted molar refractivity (Wildman–Crippen MR) is 112 cm³/mol. The largest absolute Gasteiger partial charge is 0.493 e. The van der Waals surface area contributed by atoms with Crippen molar-refractivity contribution < 1.29 is 23.5 Å². The minimum absolute atomic E-state index is 0.0303. The number of carbonyl (C=O) groups excluding carboxylic acids is 2. The molecule has 1 heterocycles. The molecule has 0 aliphatic carbocycles. The summed E-state index contributed by atoms with van der Waals surface area (Å²) in [4.78, 5) is 26.7. The molecule has 158 valence electrons. The van der Waals surface area contributed by atoms with Gasteiger partial charge in [-0.15, -0.1) is 0 Å². The van der Waals surface area contributed by atoms with E-state index in [1.807, 2.05) is 0 Å². The summed E-state index contributed by atoms with van der Waals surface area (Å²) in [5.74, 6) is 0.345.